The highest BCUT2D eigenvalue weighted by Gasteiger charge is 2.28. The third-order valence-corrected chi connectivity index (χ3v) is 3.70. The summed E-state index contributed by atoms with van der Waals surface area (Å²) >= 11 is 0.399. The first kappa shape index (κ1) is 19.0. The summed E-state index contributed by atoms with van der Waals surface area (Å²) in [5.74, 6) is -3.40. The Bertz CT molecular complexity index is 719. The van der Waals surface area contributed by atoms with Crippen molar-refractivity contribution in [3.8, 4) is 0 Å². The Morgan fingerprint density at radius 1 is 1.04 bits per heavy atom. The number of anilines is 2. The van der Waals surface area contributed by atoms with Gasteiger partial charge in [0.15, 0.2) is 0 Å². The molecule has 2 aromatic carbocycles. The van der Waals surface area contributed by atoms with Gasteiger partial charge in [-0.2, -0.15) is 22.0 Å². The number of alkyl halides is 5. The van der Waals surface area contributed by atoms with Crippen LogP contribution in [0.3, 0.4) is 0 Å². The van der Waals surface area contributed by atoms with E-state index in [4.69, 9.17) is 0 Å². The molecule has 0 radical (unpaired) electrons. The van der Waals surface area contributed by atoms with Crippen molar-refractivity contribution < 1.29 is 26.7 Å². The average molecular weight is 376 g/mol. The number of carbonyl (C=O) groups is 1. The number of carbonyl (C=O) groups excluding carboxylic acids is 1. The van der Waals surface area contributed by atoms with Gasteiger partial charge in [-0.05, 0) is 36.4 Å². The van der Waals surface area contributed by atoms with Crippen LogP contribution in [0.2, 0.25) is 0 Å². The molecular formula is C16H13F5N2OS. The highest BCUT2D eigenvalue weighted by atomic mass is 32.2. The molecule has 2 rings (SSSR count). The molecule has 0 heterocycles. The van der Waals surface area contributed by atoms with Crippen LogP contribution in [-0.4, -0.2) is 24.4 Å². The molecule has 0 bridgehead atoms. The van der Waals surface area contributed by atoms with Gasteiger partial charge in [-0.3, -0.25) is 4.79 Å². The number of hydrogen-bond donors (Lipinski definition) is 2. The maximum Gasteiger partial charge on any atom is 0.405 e. The Labute approximate surface area is 144 Å². The second-order valence-corrected chi connectivity index (χ2v) is 5.93. The zero-order chi connectivity index (χ0) is 18.4. The molecular weight excluding hydrogens is 363 g/mol. The van der Waals surface area contributed by atoms with Crippen LogP contribution in [0.5, 0.6) is 0 Å². The van der Waals surface area contributed by atoms with E-state index in [-0.39, 0.29) is 5.56 Å². The number of hydrogen-bond acceptors (Lipinski definition) is 3. The maximum atomic E-state index is 12.3. The van der Waals surface area contributed by atoms with Crippen LogP contribution in [0.25, 0.3) is 0 Å². The van der Waals surface area contributed by atoms with E-state index in [9.17, 15) is 26.7 Å². The Hall–Kier alpha value is -2.29. The minimum atomic E-state index is -4.50. The number of rotatable bonds is 6. The van der Waals surface area contributed by atoms with Gasteiger partial charge in [0.1, 0.15) is 6.54 Å². The monoisotopic (exact) mass is 376 g/mol. The number of nitrogens with one attached hydrogen (secondary N) is 2. The molecule has 0 saturated carbocycles. The lowest BCUT2D eigenvalue weighted by Crippen LogP contribution is -2.34. The molecule has 134 valence electrons. The molecule has 0 aliphatic carbocycles. The van der Waals surface area contributed by atoms with Crippen molar-refractivity contribution in [2.45, 2.75) is 16.8 Å². The lowest BCUT2D eigenvalue weighted by Gasteiger charge is -2.13. The van der Waals surface area contributed by atoms with Crippen molar-refractivity contribution in [3.63, 3.8) is 0 Å². The van der Waals surface area contributed by atoms with Gasteiger partial charge in [-0.15, -0.1) is 0 Å². The first-order valence-electron chi connectivity index (χ1n) is 7.00. The van der Waals surface area contributed by atoms with E-state index < -0.39 is 24.4 Å². The highest BCUT2D eigenvalue weighted by Crippen LogP contribution is 2.28. The Kier molecular flexibility index (Phi) is 6.24. The number of halogens is 5. The summed E-state index contributed by atoms with van der Waals surface area (Å²) in [5.41, 5.74) is 0.851. The van der Waals surface area contributed by atoms with Crippen molar-refractivity contribution >= 4 is 29.0 Å². The largest absolute Gasteiger partial charge is 0.405 e. The van der Waals surface area contributed by atoms with Gasteiger partial charge in [-0.1, -0.05) is 23.9 Å². The fourth-order valence-electron chi connectivity index (χ4n) is 1.94. The Balaban J connectivity index is 2.11. The average Bonchev–Trinajstić information content (AvgIpc) is 2.54. The molecule has 25 heavy (non-hydrogen) atoms. The summed E-state index contributed by atoms with van der Waals surface area (Å²) in [6.45, 7) is -1.43. The molecule has 0 unspecified atom stereocenters. The van der Waals surface area contributed by atoms with Gasteiger partial charge >= 0.3 is 6.18 Å². The molecule has 0 fully saturated rings. The van der Waals surface area contributed by atoms with E-state index in [1.807, 2.05) is 0 Å². The molecule has 0 saturated heterocycles. The smallest absolute Gasteiger partial charge is 0.355 e. The topological polar surface area (TPSA) is 41.1 Å². The lowest BCUT2D eigenvalue weighted by atomic mass is 10.1. The Morgan fingerprint density at radius 3 is 2.28 bits per heavy atom. The predicted octanol–water partition coefficient (Wildman–Crippen LogP) is 5.04. The number of para-hydroxylation sites is 1. The number of amides is 1. The molecule has 0 aliphatic rings. The molecule has 0 aliphatic heterocycles. The summed E-state index contributed by atoms with van der Waals surface area (Å²) in [6.07, 6.45) is -4.50. The minimum absolute atomic E-state index is 0.0396. The van der Waals surface area contributed by atoms with E-state index in [0.29, 0.717) is 28.0 Å². The summed E-state index contributed by atoms with van der Waals surface area (Å²) < 4.78 is 61.2. The standard InChI is InChI=1S/C16H13F5N2OS/c17-15(18)25-11-7-5-10(6-8-11)23-13-4-2-1-3-12(13)14(24)22-9-16(19,20)21/h1-8,15,23H,9H2,(H,22,24). The van der Waals surface area contributed by atoms with E-state index >= 15 is 0 Å². The Morgan fingerprint density at radius 2 is 1.68 bits per heavy atom. The van der Waals surface area contributed by atoms with Crippen molar-refractivity contribution in [1.82, 2.24) is 5.32 Å². The summed E-state index contributed by atoms with van der Waals surface area (Å²) in [7, 11) is 0. The maximum absolute atomic E-state index is 12.3. The number of benzene rings is 2. The van der Waals surface area contributed by atoms with E-state index in [0.717, 1.165) is 0 Å². The van der Waals surface area contributed by atoms with Gasteiger partial charge in [0, 0.05) is 10.6 Å². The minimum Gasteiger partial charge on any atom is -0.355 e. The second-order valence-electron chi connectivity index (χ2n) is 4.87. The van der Waals surface area contributed by atoms with Crippen molar-refractivity contribution in [2.24, 2.45) is 0 Å². The normalized spacial score (nSPS) is 11.4. The lowest BCUT2D eigenvalue weighted by molar-refractivity contribution is -0.123. The molecule has 9 heteroatoms. The second kappa shape index (κ2) is 8.19. The van der Waals surface area contributed by atoms with Gasteiger partial charge < -0.3 is 10.6 Å². The molecule has 0 aromatic heterocycles. The van der Waals surface area contributed by atoms with Crippen LogP contribution in [-0.2, 0) is 0 Å². The van der Waals surface area contributed by atoms with Crippen LogP contribution in [0, 0.1) is 0 Å². The highest BCUT2D eigenvalue weighted by molar-refractivity contribution is 7.99. The first-order valence-corrected chi connectivity index (χ1v) is 7.88. The third kappa shape index (κ3) is 6.26. The summed E-state index contributed by atoms with van der Waals surface area (Å²) in [6, 6.07) is 12.1. The van der Waals surface area contributed by atoms with Crippen LogP contribution < -0.4 is 10.6 Å². The zero-order valence-electron chi connectivity index (χ0n) is 12.6. The third-order valence-electron chi connectivity index (χ3n) is 2.98. The van der Waals surface area contributed by atoms with Crippen LogP contribution in [0.4, 0.5) is 33.3 Å². The fourth-order valence-corrected chi connectivity index (χ4v) is 2.44. The molecule has 0 spiro atoms. The van der Waals surface area contributed by atoms with Crippen molar-refractivity contribution in [1.29, 1.82) is 0 Å². The zero-order valence-corrected chi connectivity index (χ0v) is 13.4. The first-order chi connectivity index (χ1) is 11.7. The molecule has 2 N–H and O–H groups in total. The van der Waals surface area contributed by atoms with Gasteiger partial charge in [0.05, 0.1) is 11.3 Å². The fraction of sp³-hybridized carbons (Fsp3) is 0.188. The van der Waals surface area contributed by atoms with E-state index in [1.54, 1.807) is 11.4 Å². The summed E-state index contributed by atoms with van der Waals surface area (Å²) in [5, 5.41) is 4.70. The van der Waals surface area contributed by atoms with Gasteiger partial charge in [0.2, 0.25) is 0 Å². The van der Waals surface area contributed by atoms with Crippen LogP contribution in [0.1, 0.15) is 10.4 Å². The molecule has 2 aromatic rings. The quantitative estimate of drug-likeness (QED) is 0.548. The van der Waals surface area contributed by atoms with E-state index in [1.165, 1.54) is 42.5 Å². The number of thioether (sulfide) groups is 1. The van der Waals surface area contributed by atoms with Crippen molar-refractivity contribution in [3.05, 3.63) is 54.1 Å². The SMILES string of the molecule is O=C(NCC(F)(F)F)c1ccccc1Nc1ccc(SC(F)F)cc1. The summed E-state index contributed by atoms with van der Waals surface area (Å²) in [4.78, 5) is 12.3. The van der Waals surface area contributed by atoms with Gasteiger partial charge in [-0.25, -0.2) is 0 Å². The van der Waals surface area contributed by atoms with Crippen molar-refractivity contribution in [2.75, 3.05) is 11.9 Å². The van der Waals surface area contributed by atoms with Crippen LogP contribution >= 0.6 is 11.8 Å². The molecule has 1 amide bonds. The van der Waals surface area contributed by atoms with Gasteiger partial charge in [0.25, 0.3) is 11.7 Å². The molecule has 3 nitrogen and oxygen atoms in total. The predicted molar refractivity (Wildman–Crippen MR) is 86.4 cm³/mol. The van der Waals surface area contributed by atoms with E-state index in [2.05, 4.69) is 5.32 Å². The van der Waals surface area contributed by atoms with Crippen LogP contribution in [0.15, 0.2) is 53.4 Å². The molecule has 0 atom stereocenters.